The van der Waals surface area contributed by atoms with E-state index < -0.39 is 17.5 Å². The smallest absolute Gasteiger partial charge is 0.0967 e. The molecule has 2 atom stereocenters. The van der Waals surface area contributed by atoms with Gasteiger partial charge in [-0.2, -0.15) is 0 Å². The average molecular weight is 183 g/mol. The van der Waals surface area contributed by atoms with Gasteiger partial charge >= 0.3 is 0 Å². The SMILES string of the molecule is CC(O)C(=S)COS(=O)[O-]. The highest BCUT2D eigenvalue weighted by atomic mass is 32.2. The standard InChI is InChI=1S/C4H8O4S2/c1-3(5)4(9)2-8-10(6)7/h3,5H,2H2,1H3,(H,6,7)/p-1. The van der Waals surface area contributed by atoms with Gasteiger partial charge in [-0.05, 0) is 6.92 Å². The lowest BCUT2D eigenvalue weighted by Gasteiger charge is -2.07. The Labute approximate surface area is 66.7 Å². The van der Waals surface area contributed by atoms with Crippen molar-refractivity contribution in [3.8, 4) is 0 Å². The van der Waals surface area contributed by atoms with Gasteiger partial charge in [-0.15, -0.1) is 0 Å². The zero-order valence-corrected chi connectivity index (χ0v) is 6.91. The number of rotatable bonds is 4. The number of aliphatic hydroxyl groups is 1. The van der Waals surface area contributed by atoms with E-state index in [-0.39, 0.29) is 11.5 Å². The van der Waals surface area contributed by atoms with Crippen LogP contribution in [-0.4, -0.2) is 31.4 Å². The van der Waals surface area contributed by atoms with Crippen LogP contribution < -0.4 is 0 Å². The Morgan fingerprint density at radius 2 is 2.50 bits per heavy atom. The number of hydrogen-bond donors (Lipinski definition) is 1. The molecule has 60 valence electrons. The Morgan fingerprint density at radius 1 is 2.00 bits per heavy atom. The third-order valence-corrected chi connectivity index (χ3v) is 1.53. The summed E-state index contributed by atoms with van der Waals surface area (Å²) in [5.41, 5.74) is 0. The van der Waals surface area contributed by atoms with Gasteiger partial charge in [0, 0.05) is 4.86 Å². The molecule has 0 rings (SSSR count). The van der Waals surface area contributed by atoms with Crippen molar-refractivity contribution < 1.29 is 18.1 Å². The summed E-state index contributed by atoms with van der Waals surface area (Å²) in [5.74, 6) is 0. The van der Waals surface area contributed by atoms with Crippen molar-refractivity contribution in [2.75, 3.05) is 6.61 Å². The summed E-state index contributed by atoms with van der Waals surface area (Å²) in [5, 5.41) is 8.71. The van der Waals surface area contributed by atoms with Gasteiger partial charge in [0.05, 0.1) is 24.1 Å². The van der Waals surface area contributed by atoms with Gasteiger partial charge < -0.3 is 9.66 Å². The van der Waals surface area contributed by atoms with Crippen molar-refractivity contribution >= 4 is 28.4 Å². The van der Waals surface area contributed by atoms with Crippen LogP contribution in [0.25, 0.3) is 0 Å². The molecule has 2 unspecified atom stereocenters. The van der Waals surface area contributed by atoms with Crippen LogP contribution in [0.5, 0.6) is 0 Å². The lowest BCUT2D eigenvalue weighted by atomic mass is 10.3. The normalized spacial score (nSPS) is 16.3. The minimum absolute atomic E-state index is 0.171. The summed E-state index contributed by atoms with van der Waals surface area (Å²) in [4.78, 5) is 0.171. The quantitative estimate of drug-likeness (QED) is 0.472. The predicted octanol–water partition coefficient (Wildman–Crippen LogP) is -0.452. The molecule has 10 heavy (non-hydrogen) atoms. The fraction of sp³-hybridized carbons (Fsp3) is 0.750. The maximum atomic E-state index is 9.76. The van der Waals surface area contributed by atoms with Crippen molar-refractivity contribution in [1.82, 2.24) is 0 Å². The van der Waals surface area contributed by atoms with E-state index in [2.05, 4.69) is 16.4 Å². The molecule has 1 N–H and O–H groups in total. The Bertz CT molecular complexity index is 144. The lowest BCUT2D eigenvalue weighted by Crippen LogP contribution is -2.20. The van der Waals surface area contributed by atoms with E-state index in [0.29, 0.717) is 0 Å². The van der Waals surface area contributed by atoms with Crippen molar-refractivity contribution in [3.63, 3.8) is 0 Å². The minimum Gasteiger partial charge on any atom is -0.750 e. The van der Waals surface area contributed by atoms with Gasteiger partial charge in [0.15, 0.2) is 0 Å². The summed E-state index contributed by atoms with van der Waals surface area (Å²) in [6.07, 6.45) is -0.807. The molecule has 0 aliphatic rings. The maximum Gasteiger partial charge on any atom is 0.0967 e. The van der Waals surface area contributed by atoms with Crippen LogP contribution in [0.2, 0.25) is 0 Å². The predicted molar refractivity (Wildman–Crippen MR) is 39.2 cm³/mol. The molecule has 0 radical (unpaired) electrons. The Kier molecular flexibility index (Phi) is 4.92. The molecule has 0 saturated carbocycles. The zero-order chi connectivity index (χ0) is 8.15. The molecular weight excluding hydrogens is 176 g/mol. The molecule has 0 saturated heterocycles. The molecule has 0 aliphatic carbocycles. The van der Waals surface area contributed by atoms with Crippen molar-refractivity contribution in [2.24, 2.45) is 0 Å². The molecule has 0 aliphatic heterocycles. The van der Waals surface area contributed by atoms with Gasteiger partial charge in [0.1, 0.15) is 0 Å². The first-order valence-electron chi connectivity index (χ1n) is 2.47. The highest BCUT2D eigenvalue weighted by molar-refractivity contribution is 7.80. The largest absolute Gasteiger partial charge is 0.750 e. The van der Waals surface area contributed by atoms with Gasteiger partial charge in [-0.1, -0.05) is 12.2 Å². The van der Waals surface area contributed by atoms with Gasteiger partial charge in [-0.3, -0.25) is 4.18 Å². The molecule has 0 heterocycles. The van der Waals surface area contributed by atoms with Crippen LogP contribution >= 0.6 is 12.2 Å². The second-order valence-corrected chi connectivity index (χ2v) is 2.78. The van der Waals surface area contributed by atoms with Gasteiger partial charge in [0.2, 0.25) is 0 Å². The second kappa shape index (κ2) is 4.86. The number of thiocarbonyl (C=S) groups is 1. The third-order valence-electron chi connectivity index (χ3n) is 0.763. The summed E-state index contributed by atoms with van der Waals surface area (Å²) >= 11 is 2.00. The Hall–Kier alpha value is 0.120. The van der Waals surface area contributed by atoms with Crippen LogP contribution in [-0.2, 0) is 15.5 Å². The Balaban J connectivity index is 3.50. The summed E-state index contributed by atoms with van der Waals surface area (Å²) in [7, 11) is 0. The zero-order valence-electron chi connectivity index (χ0n) is 5.27. The molecule has 4 nitrogen and oxygen atoms in total. The monoisotopic (exact) mass is 183 g/mol. The van der Waals surface area contributed by atoms with E-state index in [1.54, 1.807) is 0 Å². The molecular formula is C4H7O4S2-. The highest BCUT2D eigenvalue weighted by Crippen LogP contribution is 1.90. The topological polar surface area (TPSA) is 69.6 Å². The van der Waals surface area contributed by atoms with Gasteiger partial charge in [-0.25, -0.2) is 4.21 Å². The highest BCUT2D eigenvalue weighted by Gasteiger charge is 2.03. The molecule has 0 aromatic heterocycles. The first-order chi connectivity index (χ1) is 4.54. The first-order valence-corrected chi connectivity index (χ1v) is 3.88. The van der Waals surface area contributed by atoms with Crippen LogP contribution in [0.1, 0.15) is 6.92 Å². The molecule has 0 amide bonds. The van der Waals surface area contributed by atoms with Crippen LogP contribution in [0.4, 0.5) is 0 Å². The van der Waals surface area contributed by atoms with E-state index in [4.69, 9.17) is 5.11 Å². The number of aliphatic hydroxyl groups excluding tert-OH is 1. The van der Waals surface area contributed by atoms with E-state index in [1.165, 1.54) is 6.92 Å². The van der Waals surface area contributed by atoms with Crippen molar-refractivity contribution in [1.29, 1.82) is 0 Å². The van der Waals surface area contributed by atoms with E-state index >= 15 is 0 Å². The van der Waals surface area contributed by atoms with Crippen LogP contribution in [0.3, 0.4) is 0 Å². The minimum atomic E-state index is -2.55. The summed E-state index contributed by atoms with van der Waals surface area (Å²) in [6, 6.07) is 0. The lowest BCUT2D eigenvalue weighted by molar-refractivity contribution is 0.253. The van der Waals surface area contributed by atoms with Crippen molar-refractivity contribution in [3.05, 3.63) is 0 Å². The second-order valence-electron chi connectivity index (χ2n) is 1.61. The molecule has 0 aromatic rings. The molecule has 0 bridgehead atoms. The summed E-state index contributed by atoms with van der Waals surface area (Å²) in [6.45, 7) is 1.21. The fourth-order valence-electron chi connectivity index (χ4n) is 0.227. The molecule has 0 fully saturated rings. The molecule has 6 heteroatoms. The van der Waals surface area contributed by atoms with Crippen molar-refractivity contribution in [2.45, 2.75) is 13.0 Å². The first kappa shape index (κ1) is 10.1. The maximum absolute atomic E-state index is 9.76. The van der Waals surface area contributed by atoms with Crippen LogP contribution in [0.15, 0.2) is 0 Å². The van der Waals surface area contributed by atoms with Crippen LogP contribution in [0, 0.1) is 0 Å². The Morgan fingerprint density at radius 3 is 2.80 bits per heavy atom. The third kappa shape index (κ3) is 4.95. The van der Waals surface area contributed by atoms with E-state index in [0.717, 1.165) is 0 Å². The van der Waals surface area contributed by atoms with E-state index in [1.807, 2.05) is 0 Å². The molecule has 0 aromatic carbocycles. The van der Waals surface area contributed by atoms with Gasteiger partial charge in [0.25, 0.3) is 0 Å². The average Bonchev–Trinajstić information content (AvgIpc) is 1.82. The molecule has 0 spiro atoms. The van der Waals surface area contributed by atoms with E-state index in [9.17, 15) is 8.76 Å². The summed E-state index contributed by atoms with van der Waals surface area (Å²) < 4.78 is 23.6. The fourth-order valence-corrected chi connectivity index (χ4v) is 0.584. The number of hydrogen-bond acceptors (Lipinski definition) is 5.